The second-order valence-electron chi connectivity index (χ2n) is 8.96. The lowest BCUT2D eigenvalue weighted by atomic mass is 10.1. The maximum absolute atomic E-state index is 13.6. The molecule has 5 rings (SSSR count). The van der Waals surface area contributed by atoms with Crippen LogP contribution in [-0.4, -0.2) is 61.2 Å². The van der Waals surface area contributed by atoms with E-state index in [1.165, 1.54) is 23.1 Å². The summed E-state index contributed by atoms with van der Waals surface area (Å²) in [5.41, 5.74) is -0.919. The van der Waals surface area contributed by atoms with Gasteiger partial charge in [-0.25, -0.2) is 9.59 Å². The van der Waals surface area contributed by atoms with Gasteiger partial charge in [0.15, 0.2) is 16.9 Å². The van der Waals surface area contributed by atoms with Crippen LogP contribution in [0.2, 0.25) is 0 Å². The Balaban J connectivity index is 0.00000289. The minimum Gasteiger partial charge on any atom is -0.480 e. The number of nitrogens with one attached hydrogen (secondary N) is 1. The average molecular weight is 503 g/mol. The van der Waals surface area contributed by atoms with Gasteiger partial charge in [0, 0.05) is 38.3 Å². The van der Waals surface area contributed by atoms with Crippen molar-refractivity contribution in [1.29, 1.82) is 0 Å². The molecule has 0 radical (unpaired) electrons. The number of carboxylic acid groups (broad SMARTS) is 1. The van der Waals surface area contributed by atoms with Crippen molar-refractivity contribution in [1.82, 2.24) is 24.0 Å². The summed E-state index contributed by atoms with van der Waals surface area (Å²) in [4.78, 5) is 58.2. The number of carboxylic acids is 1. The molecule has 0 aliphatic carbocycles. The molecule has 2 aromatic heterocycles. The Hall–Kier alpha value is -3.44. The minimum atomic E-state index is -1.12. The van der Waals surface area contributed by atoms with Gasteiger partial charge in [-0.3, -0.25) is 23.3 Å². The number of nitrogens with zero attached hydrogens (tertiary/aromatic N) is 5. The summed E-state index contributed by atoms with van der Waals surface area (Å²) in [5, 5.41) is 13.2. The highest BCUT2D eigenvalue weighted by atomic mass is 35.5. The SMILES string of the molecule is CC(C(=O)O)n1c(N2CCC3CNCC32)nc2c1c(=O)n(CC(=O)c1ccccc1)c(=O)n2C.Cl. The Kier molecular flexibility index (Phi) is 6.56. The van der Waals surface area contributed by atoms with Crippen LogP contribution in [0.4, 0.5) is 5.95 Å². The molecule has 2 fully saturated rings. The molecule has 1 aromatic carbocycles. The van der Waals surface area contributed by atoms with Crippen LogP contribution in [0, 0.1) is 5.92 Å². The van der Waals surface area contributed by atoms with Crippen molar-refractivity contribution in [2.75, 3.05) is 24.5 Å². The molecule has 0 amide bonds. The largest absolute Gasteiger partial charge is 0.480 e. The van der Waals surface area contributed by atoms with E-state index >= 15 is 0 Å². The van der Waals surface area contributed by atoms with Crippen LogP contribution in [0.25, 0.3) is 11.2 Å². The summed E-state index contributed by atoms with van der Waals surface area (Å²) < 4.78 is 3.48. The lowest BCUT2D eigenvalue weighted by Crippen LogP contribution is -2.42. The number of carbonyl (C=O) groups excluding carboxylic acids is 1. The number of imidazole rings is 1. The van der Waals surface area contributed by atoms with E-state index in [0.717, 1.165) is 24.1 Å². The Morgan fingerprint density at radius 1 is 1.20 bits per heavy atom. The zero-order chi connectivity index (χ0) is 24.1. The van der Waals surface area contributed by atoms with Gasteiger partial charge >= 0.3 is 11.7 Å². The van der Waals surface area contributed by atoms with Gasteiger partial charge in [-0.05, 0) is 19.3 Å². The molecular formula is C23H27ClN6O5. The number of anilines is 1. The Morgan fingerprint density at radius 2 is 1.91 bits per heavy atom. The van der Waals surface area contributed by atoms with Crippen LogP contribution >= 0.6 is 12.4 Å². The number of benzene rings is 1. The second-order valence-corrected chi connectivity index (χ2v) is 8.96. The number of carbonyl (C=O) groups is 2. The maximum atomic E-state index is 13.6. The van der Waals surface area contributed by atoms with E-state index in [9.17, 15) is 24.3 Å². The molecule has 11 nitrogen and oxygen atoms in total. The lowest BCUT2D eigenvalue weighted by Gasteiger charge is -2.26. The van der Waals surface area contributed by atoms with Crippen LogP contribution in [0.15, 0.2) is 39.9 Å². The van der Waals surface area contributed by atoms with Crippen LogP contribution in [0.5, 0.6) is 0 Å². The van der Waals surface area contributed by atoms with Gasteiger partial charge in [-0.2, -0.15) is 4.98 Å². The van der Waals surface area contributed by atoms with Crippen LogP contribution in [0.1, 0.15) is 29.7 Å². The molecule has 186 valence electrons. The fourth-order valence-electron chi connectivity index (χ4n) is 5.10. The van der Waals surface area contributed by atoms with Crippen molar-refractivity contribution in [3.8, 4) is 0 Å². The molecule has 3 unspecified atom stereocenters. The topological polar surface area (TPSA) is 131 Å². The van der Waals surface area contributed by atoms with Crippen LogP contribution < -0.4 is 21.5 Å². The minimum absolute atomic E-state index is 0. The fourth-order valence-corrected chi connectivity index (χ4v) is 5.10. The van der Waals surface area contributed by atoms with E-state index in [-0.39, 0.29) is 29.6 Å². The second kappa shape index (κ2) is 9.31. The normalized spacial score (nSPS) is 20.0. The van der Waals surface area contributed by atoms with Crippen molar-refractivity contribution in [2.45, 2.75) is 32.0 Å². The van der Waals surface area contributed by atoms with Crippen molar-refractivity contribution < 1.29 is 14.7 Å². The number of aromatic nitrogens is 4. The van der Waals surface area contributed by atoms with Gasteiger partial charge < -0.3 is 15.3 Å². The molecule has 3 atom stereocenters. The van der Waals surface area contributed by atoms with Gasteiger partial charge in [-0.15, -0.1) is 12.4 Å². The number of hydrogen-bond acceptors (Lipinski definition) is 7. The molecule has 0 spiro atoms. The van der Waals surface area contributed by atoms with E-state index in [1.54, 1.807) is 30.3 Å². The highest BCUT2D eigenvalue weighted by Crippen LogP contribution is 2.34. The number of fused-ring (bicyclic) bond motifs is 2. The van der Waals surface area contributed by atoms with Gasteiger partial charge in [0.1, 0.15) is 6.04 Å². The van der Waals surface area contributed by atoms with E-state index in [0.29, 0.717) is 24.0 Å². The highest BCUT2D eigenvalue weighted by Gasteiger charge is 2.41. The predicted octanol–water partition coefficient (Wildman–Crippen LogP) is 0.645. The third kappa shape index (κ3) is 3.94. The lowest BCUT2D eigenvalue weighted by molar-refractivity contribution is -0.140. The number of Topliss-reactive ketones (excluding diaryl/α,β-unsaturated/α-hetero) is 1. The summed E-state index contributed by atoms with van der Waals surface area (Å²) in [6.45, 7) is 3.33. The number of aryl methyl sites for hydroxylation is 1. The van der Waals surface area contributed by atoms with Crippen LogP contribution in [-0.2, 0) is 18.4 Å². The first-order valence-corrected chi connectivity index (χ1v) is 11.3. The van der Waals surface area contributed by atoms with E-state index in [4.69, 9.17) is 0 Å². The zero-order valence-corrected chi connectivity index (χ0v) is 20.2. The van der Waals surface area contributed by atoms with Crippen molar-refractivity contribution in [3.05, 3.63) is 56.7 Å². The quantitative estimate of drug-likeness (QED) is 0.469. The smallest absolute Gasteiger partial charge is 0.332 e. The molecule has 4 heterocycles. The van der Waals surface area contributed by atoms with Crippen LogP contribution in [0.3, 0.4) is 0 Å². The maximum Gasteiger partial charge on any atom is 0.332 e. The first kappa shape index (κ1) is 24.7. The monoisotopic (exact) mass is 502 g/mol. The summed E-state index contributed by atoms with van der Waals surface area (Å²) >= 11 is 0. The first-order valence-electron chi connectivity index (χ1n) is 11.3. The third-order valence-electron chi connectivity index (χ3n) is 7.00. The molecule has 35 heavy (non-hydrogen) atoms. The number of rotatable bonds is 6. The molecule has 0 bridgehead atoms. The molecule has 12 heteroatoms. The standard InChI is InChI=1S/C23H26N6O5.ClH/c1-13(21(32)33)29-18-19(25-22(29)27-9-8-15-10-24-11-16(15)27)26(2)23(34)28(20(18)31)12-17(30)14-6-4-3-5-7-14;/h3-7,13,15-16,24H,8-12H2,1-2H3,(H,32,33);1H. The Labute approximate surface area is 206 Å². The fraction of sp³-hybridized carbons (Fsp3) is 0.435. The molecular weight excluding hydrogens is 476 g/mol. The van der Waals surface area contributed by atoms with Crippen molar-refractivity contribution in [3.63, 3.8) is 0 Å². The van der Waals surface area contributed by atoms with Gasteiger partial charge in [0.05, 0.1) is 6.54 Å². The number of ketones is 1. The molecule has 2 saturated heterocycles. The molecule has 3 aromatic rings. The Bertz CT molecular complexity index is 1410. The van der Waals surface area contributed by atoms with Crippen molar-refractivity contribution >= 4 is 41.3 Å². The summed E-state index contributed by atoms with van der Waals surface area (Å²) in [6, 6.07) is 7.44. The molecule has 2 aliphatic rings. The van der Waals surface area contributed by atoms with Gasteiger partial charge in [0.25, 0.3) is 5.56 Å². The third-order valence-corrected chi connectivity index (χ3v) is 7.00. The predicted molar refractivity (Wildman–Crippen MR) is 132 cm³/mol. The summed E-state index contributed by atoms with van der Waals surface area (Å²) in [5.74, 6) is -0.741. The zero-order valence-electron chi connectivity index (χ0n) is 19.4. The van der Waals surface area contributed by atoms with E-state index in [2.05, 4.69) is 10.3 Å². The van der Waals surface area contributed by atoms with Gasteiger partial charge in [-0.1, -0.05) is 30.3 Å². The highest BCUT2D eigenvalue weighted by molar-refractivity contribution is 5.96. The number of aliphatic carboxylic acids is 1. The van der Waals surface area contributed by atoms with Crippen molar-refractivity contribution in [2.24, 2.45) is 13.0 Å². The average Bonchev–Trinajstić information content (AvgIpc) is 3.54. The van der Waals surface area contributed by atoms with Gasteiger partial charge in [0.2, 0.25) is 5.95 Å². The number of hydrogen-bond donors (Lipinski definition) is 2. The molecule has 2 N–H and O–H groups in total. The molecule has 0 saturated carbocycles. The van der Waals surface area contributed by atoms with E-state index < -0.39 is 35.6 Å². The first-order chi connectivity index (χ1) is 16.3. The Morgan fingerprint density at radius 3 is 2.60 bits per heavy atom. The molecule has 2 aliphatic heterocycles. The number of halogens is 1. The van der Waals surface area contributed by atoms with E-state index in [1.807, 2.05) is 4.90 Å². The summed E-state index contributed by atoms with van der Waals surface area (Å²) in [7, 11) is 1.48. The summed E-state index contributed by atoms with van der Waals surface area (Å²) in [6.07, 6.45) is 0.928.